The molecule has 5 nitrogen and oxygen atoms in total. The number of carbonyl (C=O) groups is 1. The molecular formula is C25H22Cl2N2O3S2. The number of halogens is 2. The maximum Gasteiger partial charge on any atom is 0.277 e. The van der Waals surface area contributed by atoms with Gasteiger partial charge in [0, 0.05) is 11.5 Å². The second-order valence-electron chi connectivity index (χ2n) is 7.33. The minimum absolute atomic E-state index is 0.106. The Morgan fingerprint density at radius 1 is 0.941 bits per heavy atom. The maximum atomic E-state index is 12.0. The Morgan fingerprint density at radius 2 is 1.62 bits per heavy atom. The topological polar surface area (TPSA) is 59.9 Å². The van der Waals surface area contributed by atoms with Crippen molar-refractivity contribution < 1.29 is 14.3 Å². The lowest BCUT2D eigenvalue weighted by atomic mass is 10.2. The molecule has 4 rings (SSSR count). The molecule has 0 radical (unpaired) electrons. The fourth-order valence-electron chi connectivity index (χ4n) is 3.08. The van der Waals surface area contributed by atoms with Crippen LogP contribution in [0.15, 0.2) is 71.8 Å². The molecule has 0 aliphatic carbocycles. The molecule has 176 valence electrons. The van der Waals surface area contributed by atoms with Crippen molar-refractivity contribution in [2.24, 2.45) is 5.10 Å². The van der Waals surface area contributed by atoms with Crippen LogP contribution in [0.2, 0.25) is 10.0 Å². The third kappa shape index (κ3) is 7.34. The Hall–Kier alpha value is -2.32. The molecule has 0 bridgehead atoms. The van der Waals surface area contributed by atoms with Crippen molar-refractivity contribution in [3.05, 3.63) is 93.5 Å². The number of thioether (sulfide) groups is 2. The molecule has 1 heterocycles. The van der Waals surface area contributed by atoms with Crippen LogP contribution >= 0.6 is 46.7 Å². The highest BCUT2D eigenvalue weighted by Gasteiger charge is 2.18. The van der Waals surface area contributed by atoms with E-state index in [1.165, 1.54) is 17.1 Å². The summed E-state index contributed by atoms with van der Waals surface area (Å²) in [6, 6.07) is 20.6. The van der Waals surface area contributed by atoms with E-state index >= 15 is 0 Å². The average molecular weight is 534 g/mol. The summed E-state index contributed by atoms with van der Waals surface area (Å²) in [5, 5.41) is 4.99. The molecule has 34 heavy (non-hydrogen) atoms. The van der Waals surface area contributed by atoms with E-state index in [4.69, 9.17) is 32.7 Å². The van der Waals surface area contributed by atoms with Gasteiger partial charge < -0.3 is 9.47 Å². The standard InChI is InChI=1S/C25H22Cl2N2O3S2/c26-22-10-3-18(13-23(22)27)15-31-20-6-1-17(2-7-20)14-28-29-24(30)16-32-21-8-4-19(5-9-21)25-33-11-12-34-25/h1-10,13-14,25H,11-12,15-16H2,(H,29,30)/b28-14-. The van der Waals surface area contributed by atoms with Gasteiger partial charge in [-0.3, -0.25) is 4.79 Å². The fraction of sp³-hybridized carbons (Fsp3) is 0.200. The van der Waals surface area contributed by atoms with E-state index in [1.807, 2.05) is 66.0 Å². The Bertz CT molecular complexity index is 1140. The predicted molar refractivity (Wildman–Crippen MR) is 143 cm³/mol. The van der Waals surface area contributed by atoms with Crippen LogP contribution in [-0.2, 0) is 11.4 Å². The number of nitrogens with zero attached hydrogens (tertiary/aromatic N) is 1. The smallest absolute Gasteiger partial charge is 0.277 e. The first-order chi connectivity index (χ1) is 16.6. The van der Waals surface area contributed by atoms with Gasteiger partial charge in [-0.15, -0.1) is 23.5 Å². The van der Waals surface area contributed by atoms with E-state index in [1.54, 1.807) is 18.3 Å². The zero-order valence-corrected chi connectivity index (χ0v) is 21.2. The van der Waals surface area contributed by atoms with Gasteiger partial charge in [-0.2, -0.15) is 5.10 Å². The molecule has 1 amide bonds. The molecule has 9 heteroatoms. The second kappa shape index (κ2) is 12.4. The highest BCUT2D eigenvalue weighted by molar-refractivity contribution is 8.19. The number of benzene rings is 3. The van der Waals surface area contributed by atoms with E-state index in [-0.39, 0.29) is 12.5 Å². The number of rotatable bonds is 9. The predicted octanol–water partition coefficient (Wildman–Crippen LogP) is 6.58. The number of ether oxygens (including phenoxy) is 2. The highest BCUT2D eigenvalue weighted by Crippen LogP contribution is 2.45. The lowest BCUT2D eigenvalue weighted by Crippen LogP contribution is -2.24. The summed E-state index contributed by atoms with van der Waals surface area (Å²) in [7, 11) is 0. The second-order valence-corrected chi connectivity index (χ2v) is 10.9. The number of amides is 1. The molecule has 1 saturated heterocycles. The molecule has 0 saturated carbocycles. The van der Waals surface area contributed by atoms with Gasteiger partial charge in [-0.05, 0) is 65.2 Å². The first-order valence-corrected chi connectivity index (χ1v) is 13.4. The number of hydrogen-bond acceptors (Lipinski definition) is 6. The summed E-state index contributed by atoms with van der Waals surface area (Å²) < 4.78 is 11.8. The van der Waals surface area contributed by atoms with E-state index in [9.17, 15) is 4.79 Å². The third-order valence-electron chi connectivity index (χ3n) is 4.82. The fourth-order valence-corrected chi connectivity index (χ4v) is 6.26. The Labute approximate surface area is 217 Å². The van der Waals surface area contributed by atoms with Crippen LogP contribution < -0.4 is 14.9 Å². The summed E-state index contributed by atoms with van der Waals surface area (Å²) in [6.07, 6.45) is 1.56. The van der Waals surface area contributed by atoms with Gasteiger partial charge >= 0.3 is 0 Å². The molecule has 1 aliphatic rings. The first kappa shape index (κ1) is 24.8. The summed E-state index contributed by atoms with van der Waals surface area (Å²) in [4.78, 5) is 12.0. The molecule has 0 spiro atoms. The molecule has 3 aromatic carbocycles. The van der Waals surface area contributed by atoms with Gasteiger partial charge in [-0.1, -0.05) is 41.4 Å². The monoisotopic (exact) mass is 532 g/mol. The highest BCUT2D eigenvalue weighted by atomic mass is 35.5. The molecule has 1 aliphatic heterocycles. The number of hydrazone groups is 1. The van der Waals surface area contributed by atoms with Crippen LogP contribution in [0, 0.1) is 0 Å². The SMILES string of the molecule is O=C(COc1ccc(C2SCCS2)cc1)N/N=C\c1ccc(OCc2ccc(Cl)c(Cl)c2)cc1. The van der Waals surface area contributed by atoms with Gasteiger partial charge in [0.15, 0.2) is 6.61 Å². The molecule has 0 atom stereocenters. The van der Waals surface area contributed by atoms with Gasteiger partial charge in [0.1, 0.15) is 18.1 Å². The maximum absolute atomic E-state index is 12.0. The van der Waals surface area contributed by atoms with Crippen molar-refractivity contribution in [2.45, 2.75) is 11.2 Å². The van der Waals surface area contributed by atoms with Gasteiger partial charge in [-0.25, -0.2) is 5.43 Å². The Balaban J connectivity index is 1.18. The van der Waals surface area contributed by atoms with Crippen molar-refractivity contribution in [1.82, 2.24) is 5.43 Å². The van der Waals surface area contributed by atoms with E-state index < -0.39 is 0 Å². The van der Waals surface area contributed by atoms with Crippen LogP contribution in [0.1, 0.15) is 21.3 Å². The zero-order valence-electron chi connectivity index (χ0n) is 18.1. The lowest BCUT2D eigenvalue weighted by Gasteiger charge is -2.10. The summed E-state index contributed by atoms with van der Waals surface area (Å²) in [5.74, 6) is 3.41. The molecule has 0 unspecified atom stereocenters. The number of nitrogens with one attached hydrogen (secondary N) is 1. The van der Waals surface area contributed by atoms with Crippen LogP contribution in [0.4, 0.5) is 0 Å². The van der Waals surface area contributed by atoms with Crippen molar-refractivity contribution >= 4 is 58.8 Å². The molecule has 3 aromatic rings. The van der Waals surface area contributed by atoms with Crippen molar-refractivity contribution in [3.8, 4) is 11.5 Å². The lowest BCUT2D eigenvalue weighted by molar-refractivity contribution is -0.123. The molecular weight excluding hydrogens is 511 g/mol. The van der Waals surface area contributed by atoms with Crippen LogP contribution in [-0.4, -0.2) is 30.2 Å². The number of hydrogen-bond donors (Lipinski definition) is 1. The summed E-state index contributed by atoms with van der Waals surface area (Å²) >= 11 is 15.9. The quantitative estimate of drug-likeness (QED) is 0.249. The van der Waals surface area contributed by atoms with E-state index in [0.29, 0.717) is 32.7 Å². The number of carbonyl (C=O) groups excluding carboxylic acids is 1. The van der Waals surface area contributed by atoms with Crippen LogP contribution in [0.5, 0.6) is 11.5 Å². The van der Waals surface area contributed by atoms with Gasteiger partial charge in [0.25, 0.3) is 5.91 Å². The van der Waals surface area contributed by atoms with Crippen molar-refractivity contribution in [1.29, 1.82) is 0 Å². The first-order valence-electron chi connectivity index (χ1n) is 10.5. The van der Waals surface area contributed by atoms with Crippen molar-refractivity contribution in [2.75, 3.05) is 18.1 Å². The molecule has 1 N–H and O–H groups in total. The van der Waals surface area contributed by atoms with Crippen molar-refractivity contribution in [3.63, 3.8) is 0 Å². The molecule has 1 fully saturated rings. The zero-order chi connectivity index (χ0) is 23.8. The summed E-state index contributed by atoms with van der Waals surface area (Å²) in [6.45, 7) is 0.271. The average Bonchev–Trinajstić information content (AvgIpc) is 3.40. The Morgan fingerprint density at radius 3 is 2.32 bits per heavy atom. The van der Waals surface area contributed by atoms with Gasteiger partial charge in [0.05, 0.1) is 20.8 Å². The normalized spacial score (nSPS) is 13.8. The van der Waals surface area contributed by atoms with Gasteiger partial charge in [0.2, 0.25) is 0 Å². The van der Waals surface area contributed by atoms with Crippen LogP contribution in [0.25, 0.3) is 0 Å². The van der Waals surface area contributed by atoms with Crippen LogP contribution in [0.3, 0.4) is 0 Å². The van der Waals surface area contributed by atoms with E-state index in [2.05, 4.69) is 22.7 Å². The summed E-state index contributed by atoms with van der Waals surface area (Å²) in [5.41, 5.74) is 5.49. The Kier molecular flexibility index (Phi) is 9.04. The minimum Gasteiger partial charge on any atom is -0.489 e. The molecule has 0 aromatic heterocycles. The minimum atomic E-state index is -0.330. The van der Waals surface area contributed by atoms with E-state index in [0.717, 1.165) is 11.1 Å². The third-order valence-corrected chi connectivity index (χ3v) is 8.66. The largest absolute Gasteiger partial charge is 0.489 e.